The van der Waals surface area contributed by atoms with Crippen molar-refractivity contribution >= 4 is 24.4 Å². The van der Waals surface area contributed by atoms with Crippen LogP contribution in [0.15, 0.2) is 57.3 Å². The average Bonchev–Trinajstić information content (AvgIpc) is 3.21. The van der Waals surface area contributed by atoms with Gasteiger partial charge in [0.25, 0.3) is 5.91 Å². The first-order chi connectivity index (χ1) is 15.0. The molecule has 0 N–H and O–H groups in total. The van der Waals surface area contributed by atoms with Gasteiger partial charge in [-0.3, -0.25) is 19.5 Å². The van der Waals surface area contributed by atoms with Crippen molar-refractivity contribution < 1.29 is 32.2 Å². The van der Waals surface area contributed by atoms with E-state index in [1.165, 1.54) is 35.8 Å². The molecule has 0 saturated heterocycles. The van der Waals surface area contributed by atoms with Crippen LogP contribution in [0.3, 0.4) is 0 Å². The molecule has 0 saturated carbocycles. The lowest BCUT2D eigenvalue weighted by atomic mass is 10.2. The first-order valence-corrected chi connectivity index (χ1v) is 9.41. The molecule has 8 nitrogen and oxygen atoms in total. The zero-order valence-electron chi connectivity index (χ0n) is 18.0. The fourth-order valence-electron chi connectivity index (χ4n) is 2.74. The van der Waals surface area contributed by atoms with E-state index in [0.29, 0.717) is 13.0 Å². The number of benzene rings is 1. The number of allylic oxidation sites excluding steroid dienone is 1. The lowest BCUT2D eigenvalue weighted by molar-refractivity contribution is -0.274. The number of halogens is 3. The fourth-order valence-corrected chi connectivity index (χ4v) is 2.74. The molecule has 0 spiro atoms. The van der Waals surface area contributed by atoms with Crippen molar-refractivity contribution in [2.45, 2.75) is 20.2 Å². The van der Waals surface area contributed by atoms with Crippen LogP contribution in [0.1, 0.15) is 13.8 Å². The molecule has 2 rings (SSSR count). The average molecular weight is 452 g/mol. The minimum absolute atomic E-state index is 0.00133. The Bertz CT molecular complexity index is 982. The van der Waals surface area contributed by atoms with Gasteiger partial charge >= 0.3 is 6.36 Å². The van der Waals surface area contributed by atoms with Crippen molar-refractivity contribution in [3.63, 3.8) is 0 Å². The minimum Gasteiger partial charge on any atom is -0.443 e. The Hall–Kier alpha value is -3.63. The van der Waals surface area contributed by atoms with Crippen molar-refractivity contribution in [1.82, 2.24) is 9.80 Å². The minimum atomic E-state index is -4.84. The van der Waals surface area contributed by atoms with Gasteiger partial charge in [-0.05, 0) is 30.7 Å². The van der Waals surface area contributed by atoms with Crippen LogP contribution >= 0.6 is 0 Å². The van der Waals surface area contributed by atoms with E-state index in [0.717, 1.165) is 17.7 Å². The van der Waals surface area contributed by atoms with Gasteiger partial charge in [0.15, 0.2) is 5.90 Å². The van der Waals surface area contributed by atoms with E-state index in [1.807, 2.05) is 0 Å². The number of rotatable bonds is 8. The summed E-state index contributed by atoms with van der Waals surface area (Å²) in [6.07, 6.45) is -0.927. The fraction of sp³-hybridized carbons (Fsp3) is 0.333. The molecule has 172 valence electrons. The summed E-state index contributed by atoms with van der Waals surface area (Å²) in [5.74, 6) is -0.750. The largest absolute Gasteiger partial charge is 0.573 e. The Morgan fingerprint density at radius 2 is 1.94 bits per heavy atom. The van der Waals surface area contributed by atoms with Crippen molar-refractivity contribution in [2.75, 3.05) is 27.2 Å². The molecule has 1 aliphatic heterocycles. The molecular formula is C21H23F3N4O4. The van der Waals surface area contributed by atoms with E-state index in [9.17, 15) is 22.8 Å². The van der Waals surface area contributed by atoms with E-state index in [2.05, 4.69) is 14.7 Å². The molecule has 1 heterocycles. The Morgan fingerprint density at radius 3 is 2.50 bits per heavy atom. The summed E-state index contributed by atoms with van der Waals surface area (Å²) in [7, 11) is 3.11. The van der Waals surface area contributed by atoms with Crippen LogP contribution in [-0.2, 0) is 9.59 Å². The second-order valence-electron chi connectivity index (χ2n) is 6.95. The third-order valence-electron chi connectivity index (χ3n) is 4.11. The monoisotopic (exact) mass is 452 g/mol. The third-order valence-corrected chi connectivity index (χ3v) is 4.11. The Labute approximate surface area is 183 Å². The van der Waals surface area contributed by atoms with Gasteiger partial charge in [-0.25, -0.2) is 0 Å². The van der Waals surface area contributed by atoms with Gasteiger partial charge in [-0.15, -0.1) is 13.2 Å². The molecule has 11 heteroatoms. The van der Waals surface area contributed by atoms with Crippen molar-refractivity contribution in [1.29, 1.82) is 0 Å². The summed E-state index contributed by atoms with van der Waals surface area (Å²) in [5, 5.41) is 0. The number of alkyl halides is 3. The van der Waals surface area contributed by atoms with Gasteiger partial charge in [-0.1, -0.05) is 6.07 Å². The molecule has 1 aromatic rings. The summed E-state index contributed by atoms with van der Waals surface area (Å²) in [5.41, 5.74) is 1.02. The molecule has 1 aliphatic rings. The van der Waals surface area contributed by atoms with Crippen LogP contribution in [0.2, 0.25) is 0 Å². The maximum absolute atomic E-state index is 12.5. The number of amides is 2. The number of nitrogens with zero attached hydrogens (tertiary/aromatic N) is 4. The van der Waals surface area contributed by atoms with Crippen LogP contribution in [0, 0.1) is 0 Å². The maximum atomic E-state index is 12.5. The summed E-state index contributed by atoms with van der Waals surface area (Å²) in [6.45, 7) is 3.54. The van der Waals surface area contributed by atoms with Crippen molar-refractivity contribution in [3.05, 3.63) is 47.3 Å². The number of aliphatic imine (C=N–C) groups is 2. The lowest BCUT2D eigenvalue weighted by Gasteiger charge is -2.22. The third kappa shape index (κ3) is 7.25. The van der Waals surface area contributed by atoms with Gasteiger partial charge in [-0.2, -0.15) is 4.99 Å². The molecule has 1 aromatic carbocycles. The Morgan fingerprint density at radius 1 is 1.25 bits per heavy atom. The van der Waals surface area contributed by atoms with Crippen LogP contribution in [0.4, 0.5) is 13.2 Å². The second-order valence-corrected chi connectivity index (χ2v) is 6.95. The molecule has 0 atom stereocenters. The van der Waals surface area contributed by atoms with Gasteiger partial charge < -0.3 is 14.4 Å². The van der Waals surface area contributed by atoms with Crippen molar-refractivity contribution in [2.24, 2.45) is 9.98 Å². The number of carbonyl (C=O) groups is 2. The smallest absolute Gasteiger partial charge is 0.443 e. The predicted molar refractivity (Wildman–Crippen MR) is 112 cm³/mol. The van der Waals surface area contributed by atoms with E-state index in [1.54, 1.807) is 26.4 Å². The quantitative estimate of drug-likeness (QED) is 0.263. The molecule has 0 unspecified atom stereocenters. The zero-order valence-corrected chi connectivity index (χ0v) is 18.0. The van der Waals surface area contributed by atoms with Gasteiger partial charge in [0.2, 0.25) is 6.41 Å². The number of likely N-dealkylation sites (N-methyl/N-ethyl adjacent to an activating group) is 1. The molecule has 0 bridgehead atoms. The highest BCUT2D eigenvalue weighted by Gasteiger charge is 2.31. The lowest BCUT2D eigenvalue weighted by Crippen LogP contribution is -2.30. The zero-order chi connectivity index (χ0) is 23.9. The molecule has 0 radical (unpaired) electrons. The predicted octanol–water partition coefficient (Wildman–Crippen LogP) is 3.17. The summed E-state index contributed by atoms with van der Waals surface area (Å²) < 4.78 is 46.7. The van der Waals surface area contributed by atoms with E-state index >= 15 is 0 Å². The highest BCUT2D eigenvalue weighted by molar-refractivity contribution is 5.94. The van der Waals surface area contributed by atoms with Gasteiger partial charge in [0.1, 0.15) is 17.3 Å². The van der Waals surface area contributed by atoms with Crippen LogP contribution in [0.5, 0.6) is 11.5 Å². The molecular weight excluding hydrogens is 429 g/mol. The summed E-state index contributed by atoms with van der Waals surface area (Å²) >= 11 is 0. The van der Waals surface area contributed by atoms with E-state index in [4.69, 9.17) is 4.74 Å². The SMILES string of the molecule is C/C(C(=O)N(C)C)=C(\N=C(/C)Oc1cccc(OC(F)(F)F)c1)N(C=O)CC1=CC=NC1. The Balaban J connectivity index is 2.35. The van der Waals surface area contributed by atoms with E-state index < -0.39 is 12.1 Å². The second kappa shape index (κ2) is 10.6. The number of carbonyl (C=O) groups excluding carboxylic acids is 2. The summed E-state index contributed by atoms with van der Waals surface area (Å²) in [4.78, 5) is 35.3. The Kier molecular flexibility index (Phi) is 8.16. The van der Waals surface area contributed by atoms with Crippen LogP contribution in [-0.4, -0.2) is 67.8 Å². The standard InChI is InChI=1S/C21H23F3N4O4/c1-14(20(30)27(3)4)19(28(13-29)12-16-8-9-25-11-16)26-15(2)31-17-6-5-7-18(10-17)32-21(22,23)24/h5-10,13H,11-12H2,1-4H3/b19-14-,26-15+. The first kappa shape index (κ1) is 24.6. The molecule has 2 amide bonds. The van der Waals surface area contributed by atoms with Gasteiger partial charge in [0.05, 0.1) is 18.7 Å². The highest BCUT2D eigenvalue weighted by Crippen LogP contribution is 2.26. The number of ether oxygens (including phenoxy) is 2. The molecule has 32 heavy (non-hydrogen) atoms. The topological polar surface area (TPSA) is 83.8 Å². The van der Waals surface area contributed by atoms with Crippen LogP contribution in [0.25, 0.3) is 0 Å². The highest BCUT2D eigenvalue weighted by atomic mass is 19.4. The molecule has 0 fully saturated rings. The maximum Gasteiger partial charge on any atom is 0.573 e. The normalized spacial score (nSPS) is 14.5. The number of hydrogen-bond donors (Lipinski definition) is 0. The summed E-state index contributed by atoms with van der Waals surface area (Å²) in [6, 6.07) is 4.92. The van der Waals surface area contributed by atoms with Crippen molar-refractivity contribution in [3.8, 4) is 11.5 Å². The van der Waals surface area contributed by atoms with Crippen LogP contribution < -0.4 is 9.47 Å². The first-order valence-electron chi connectivity index (χ1n) is 9.41. The molecule has 0 aromatic heterocycles. The van der Waals surface area contributed by atoms with Gasteiger partial charge in [0, 0.05) is 33.3 Å². The molecule has 0 aliphatic carbocycles. The van der Waals surface area contributed by atoms with E-state index in [-0.39, 0.29) is 35.5 Å². The number of hydrogen-bond acceptors (Lipinski definition) is 6.